The molecule has 6 nitrogen and oxygen atoms in total. The summed E-state index contributed by atoms with van der Waals surface area (Å²) in [5, 5.41) is 3.83. The van der Waals surface area contributed by atoms with Crippen molar-refractivity contribution in [3.8, 4) is 16.9 Å². The maximum absolute atomic E-state index is 12.9. The minimum absolute atomic E-state index is 0.108. The number of halogens is 2. The fourth-order valence-corrected chi connectivity index (χ4v) is 2.85. The van der Waals surface area contributed by atoms with Crippen molar-refractivity contribution in [3.05, 3.63) is 68.7 Å². The number of carbonyl (C=O) groups excluding carboxylic acids is 1. The van der Waals surface area contributed by atoms with Gasteiger partial charge in [-0.2, -0.15) is 0 Å². The second-order valence-electron chi connectivity index (χ2n) is 5.54. The number of aromatic amines is 1. The van der Waals surface area contributed by atoms with E-state index in [2.05, 4.69) is 10.1 Å². The van der Waals surface area contributed by atoms with Gasteiger partial charge >= 0.3 is 5.97 Å². The Labute approximate surface area is 159 Å². The zero-order valence-corrected chi connectivity index (χ0v) is 15.3. The topological polar surface area (TPSA) is 77.0 Å². The predicted molar refractivity (Wildman–Crippen MR) is 100.0 cm³/mol. The molecule has 134 valence electrons. The van der Waals surface area contributed by atoms with E-state index >= 15 is 0 Å². The van der Waals surface area contributed by atoms with E-state index in [1.165, 1.54) is 11.6 Å². The molecule has 1 aromatic carbocycles. The van der Waals surface area contributed by atoms with Crippen LogP contribution in [0, 0.1) is 0 Å². The average Bonchev–Trinajstić information content (AvgIpc) is 2.95. The summed E-state index contributed by atoms with van der Waals surface area (Å²) in [5.41, 5.74) is 2.15. The third-order valence-electron chi connectivity index (χ3n) is 3.76. The number of hydrogen-bond donors (Lipinski definition) is 1. The Balaban J connectivity index is 2.09. The van der Waals surface area contributed by atoms with Gasteiger partial charge < -0.3 is 4.74 Å². The van der Waals surface area contributed by atoms with Crippen molar-refractivity contribution in [2.45, 2.75) is 13.3 Å². The highest BCUT2D eigenvalue weighted by atomic mass is 35.5. The first kappa shape index (κ1) is 18.2. The molecular formula is C18H15Cl2N3O3. The Morgan fingerprint density at radius 2 is 2.08 bits per heavy atom. The number of rotatable bonds is 5. The largest absolute Gasteiger partial charge is 0.466 e. The third kappa shape index (κ3) is 3.81. The molecule has 2 heterocycles. The van der Waals surface area contributed by atoms with Crippen LogP contribution in [-0.4, -0.2) is 27.3 Å². The number of ether oxygens (including phenoxy) is 1. The molecule has 0 aliphatic rings. The Morgan fingerprint density at radius 1 is 1.27 bits per heavy atom. The van der Waals surface area contributed by atoms with Crippen molar-refractivity contribution in [1.82, 2.24) is 14.8 Å². The molecule has 0 bridgehead atoms. The molecular weight excluding hydrogens is 377 g/mol. The highest BCUT2D eigenvalue weighted by Crippen LogP contribution is 2.25. The number of H-pyrrole nitrogens is 1. The molecule has 8 heteroatoms. The first-order chi connectivity index (χ1) is 12.5. The van der Waals surface area contributed by atoms with E-state index in [1.807, 2.05) is 6.07 Å². The number of nitrogens with one attached hydrogen (secondary N) is 1. The second kappa shape index (κ2) is 7.76. The summed E-state index contributed by atoms with van der Waals surface area (Å²) in [7, 11) is 0. The normalized spacial score (nSPS) is 10.7. The van der Waals surface area contributed by atoms with E-state index in [9.17, 15) is 9.59 Å². The fraction of sp³-hybridized carbons (Fsp3) is 0.167. The Bertz CT molecular complexity index is 997. The van der Waals surface area contributed by atoms with Crippen LogP contribution in [0.15, 0.2) is 47.5 Å². The van der Waals surface area contributed by atoms with Crippen LogP contribution < -0.4 is 5.56 Å². The number of aromatic nitrogens is 3. The van der Waals surface area contributed by atoms with Gasteiger partial charge in [0.25, 0.3) is 5.56 Å². The van der Waals surface area contributed by atoms with Crippen LogP contribution in [-0.2, 0) is 16.0 Å². The lowest BCUT2D eigenvalue weighted by Crippen LogP contribution is -2.18. The van der Waals surface area contributed by atoms with E-state index in [4.69, 9.17) is 27.9 Å². The van der Waals surface area contributed by atoms with Crippen LogP contribution in [0.5, 0.6) is 0 Å². The van der Waals surface area contributed by atoms with Crippen molar-refractivity contribution < 1.29 is 9.53 Å². The van der Waals surface area contributed by atoms with Crippen LogP contribution in [0.1, 0.15) is 12.5 Å². The quantitative estimate of drug-likeness (QED) is 0.673. The molecule has 0 aliphatic carbocycles. The molecule has 0 saturated heterocycles. The number of benzene rings is 1. The van der Waals surface area contributed by atoms with E-state index in [-0.39, 0.29) is 18.6 Å². The van der Waals surface area contributed by atoms with Gasteiger partial charge in [-0.05, 0) is 30.3 Å². The van der Waals surface area contributed by atoms with E-state index in [1.54, 1.807) is 36.7 Å². The van der Waals surface area contributed by atoms with Gasteiger partial charge in [0.15, 0.2) is 0 Å². The number of carbonyl (C=O) groups is 1. The molecule has 0 atom stereocenters. The Hall–Kier alpha value is -2.57. The standard InChI is InChI=1S/C18H15Cl2N3O3/c1-11(24)26-8-6-14-17(12-3-2-7-21-10-12)22-23(18(14)25)13-4-5-15(19)16(20)9-13/h2-5,7,9-10,22H,6,8H2,1H3. The van der Waals surface area contributed by atoms with Gasteiger partial charge in [-0.1, -0.05) is 23.2 Å². The molecule has 0 aliphatic heterocycles. The zero-order valence-electron chi connectivity index (χ0n) is 13.8. The molecule has 0 unspecified atom stereocenters. The van der Waals surface area contributed by atoms with Gasteiger partial charge in [-0.15, -0.1) is 0 Å². The van der Waals surface area contributed by atoms with E-state index in [0.717, 1.165) is 5.56 Å². The molecule has 0 saturated carbocycles. The van der Waals surface area contributed by atoms with Gasteiger partial charge in [0.1, 0.15) is 0 Å². The van der Waals surface area contributed by atoms with Crippen LogP contribution in [0.4, 0.5) is 0 Å². The minimum atomic E-state index is -0.395. The first-order valence-corrected chi connectivity index (χ1v) is 8.56. The lowest BCUT2D eigenvalue weighted by molar-refractivity contribution is -0.140. The van der Waals surface area contributed by atoms with Crippen LogP contribution in [0.2, 0.25) is 10.0 Å². The molecule has 0 radical (unpaired) electrons. The highest BCUT2D eigenvalue weighted by molar-refractivity contribution is 6.42. The van der Waals surface area contributed by atoms with Crippen LogP contribution in [0.3, 0.4) is 0 Å². The lowest BCUT2D eigenvalue weighted by Gasteiger charge is -2.04. The van der Waals surface area contributed by atoms with E-state index in [0.29, 0.717) is 27.0 Å². The average molecular weight is 392 g/mol. The van der Waals surface area contributed by atoms with Crippen LogP contribution >= 0.6 is 23.2 Å². The summed E-state index contributed by atoms with van der Waals surface area (Å²) in [6, 6.07) is 8.53. The SMILES string of the molecule is CC(=O)OCCc1c(-c2cccnc2)[nH]n(-c2ccc(Cl)c(Cl)c2)c1=O. The van der Waals surface area contributed by atoms with Gasteiger partial charge in [0, 0.05) is 36.9 Å². The second-order valence-corrected chi connectivity index (χ2v) is 6.35. The van der Waals surface area contributed by atoms with Gasteiger partial charge in [0.2, 0.25) is 0 Å². The van der Waals surface area contributed by atoms with Crippen molar-refractivity contribution in [2.24, 2.45) is 0 Å². The molecule has 3 rings (SSSR count). The third-order valence-corrected chi connectivity index (χ3v) is 4.49. The minimum Gasteiger partial charge on any atom is -0.466 e. The number of esters is 1. The molecule has 0 fully saturated rings. The smallest absolute Gasteiger partial charge is 0.302 e. The fourth-order valence-electron chi connectivity index (χ4n) is 2.56. The van der Waals surface area contributed by atoms with Crippen LogP contribution in [0.25, 0.3) is 16.9 Å². The van der Waals surface area contributed by atoms with Crippen molar-refractivity contribution >= 4 is 29.2 Å². The Morgan fingerprint density at radius 3 is 2.73 bits per heavy atom. The maximum Gasteiger partial charge on any atom is 0.302 e. The summed E-state index contributed by atoms with van der Waals surface area (Å²) in [4.78, 5) is 28.0. The van der Waals surface area contributed by atoms with Crippen molar-refractivity contribution in [1.29, 1.82) is 0 Å². The highest BCUT2D eigenvalue weighted by Gasteiger charge is 2.17. The monoisotopic (exact) mass is 391 g/mol. The number of nitrogens with zero attached hydrogens (tertiary/aromatic N) is 2. The summed E-state index contributed by atoms with van der Waals surface area (Å²) in [5.74, 6) is -0.395. The van der Waals surface area contributed by atoms with Gasteiger partial charge in [-0.3, -0.25) is 19.7 Å². The molecule has 0 amide bonds. The molecule has 1 N–H and O–H groups in total. The zero-order chi connectivity index (χ0) is 18.7. The maximum atomic E-state index is 12.9. The van der Waals surface area contributed by atoms with Gasteiger partial charge in [0.05, 0.1) is 28.0 Å². The molecule has 26 heavy (non-hydrogen) atoms. The van der Waals surface area contributed by atoms with Crippen molar-refractivity contribution in [2.75, 3.05) is 6.61 Å². The molecule has 3 aromatic rings. The molecule has 0 spiro atoms. The summed E-state index contributed by atoms with van der Waals surface area (Å²) < 4.78 is 6.37. The summed E-state index contributed by atoms with van der Waals surface area (Å²) in [6.45, 7) is 1.43. The lowest BCUT2D eigenvalue weighted by atomic mass is 10.1. The van der Waals surface area contributed by atoms with E-state index < -0.39 is 5.97 Å². The van der Waals surface area contributed by atoms with Gasteiger partial charge in [-0.25, -0.2) is 4.68 Å². The summed E-state index contributed by atoms with van der Waals surface area (Å²) in [6.07, 6.45) is 3.57. The first-order valence-electron chi connectivity index (χ1n) is 7.80. The number of pyridine rings is 1. The number of hydrogen-bond acceptors (Lipinski definition) is 4. The van der Waals surface area contributed by atoms with Crippen molar-refractivity contribution in [3.63, 3.8) is 0 Å². The Kier molecular flexibility index (Phi) is 5.44. The predicted octanol–water partition coefficient (Wildman–Crippen LogP) is 3.64. The molecule has 2 aromatic heterocycles. The summed E-state index contributed by atoms with van der Waals surface area (Å²) >= 11 is 12.0.